The molecule has 8 nitrogen and oxygen atoms in total. The molecule has 0 aromatic heterocycles. The molecule has 0 spiro atoms. The number of hydrazone groups is 1. The summed E-state index contributed by atoms with van der Waals surface area (Å²) in [5.41, 5.74) is 1.27. The van der Waals surface area contributed by atoms with Crippen LogP contribution in [-0.4, -0.2) is 43.5 Å². The van der Waals surface area contributed by atoms with E-state index in [0.717, 1.165) is 0 Å². The first-order valence-electron chi connectivity index (χ1n) is 9.55. The van der Waals surface area contributed by atoms with Crippen LogP contribution >= 0.6 is 11.6 Å². The highest BCUT2D eigenvalue weighted by atomic mass is 35.5. The third-order valence-corrected chi connectivity index (χ3v) is 4.95. The second-order valence-corrected chi connectivity index (χ2v) is 7.04. The highest BCUT2D eigenvalue weighted by Gasteiger charge is 2.37. The van der Waals surface area contributed by atoms with Crippen LogP contribution in [0.15, 0.2) is 47.6 Å². The van der Waals surface area contributed by atoms with Gasteiger partial charge in [-0.1, -0.05) is 29.8 Å². The van der Waals surface area contributed by atoms with Crippen LogP contribution in [0.1, 0.15) is 13.3 Å². The first kappa shape index (κ1) is 20.0. The number of hydrogen-bond acceptors (Lipinski definition) is 7. The molecule has 30 heavy (non-hydrogen) atoms. The van der Waals surface area contributed by atoms with Gasteiger partial charge in [0.2, 0.25) is 5.91 Å². The molecule has 9 heteroatoms. The number of anilines is 2. The van der Waals surface area contributed by atoms with Gasteiger partial charge in [-0.25, -0.2) is 4.79 Å². The van der Waals surface area contributed by atoms with Gasteiger partial charge >= 0.3 is 5.97 Å². The van der Waals surface area contributed by atoms with Gasteiger partial charge in [-0.05, 0) is 19.1 Å². The first-order valence-corrected chi connectivity index (χ1v) is 9.93. The fourth-order valence-electron chi connectivity index (χ4n) is 3.25. The quantitative estimate of drug-likeness (QED) is 0.734. The van der Waals surface area contributed by atoms with Crippen molar-refractivity contribution in [1.82, 2.24) is 0 Å². The van der Waals surface area contributed by atoms with Gasteiger partial charge in [-0.2, -0.15) is 5.10 Å². The van der Waals surface area contributed by atoms with E-state index in [1.807, 2.05) is 30.3 Å². The number of fused-ring (bicyclic) bond motifs is 1. The van der Waals surface area contributed by atoms with Crippen LogP contribution in [0.5, 0.6) is 11.5 Å². The second kappa shape index (κ2) is 8.62. The summed E-state index contributed by atoms with van der Waals surface area (Å²) in [5.74, 6) is 0.145. The molecule has 2 aliphatic rings. The van der Waals surface area contributed by atoms with E-state index >= 15 is 0 Å². The van der Waals surface area contributed by atoms with E-state index in [-0.39, 0.29) is 24.6 Å². The smallest absolute Gasteiger partial charge is 0.354 e. The number of benzene rings is 2. The van der Waals surface area contributed by atoms with E-state index in [0.29, 0.717) is 41.1 Å². The Kier molecular flexibility index (Phi) is 5.76. The molecule has 4 rings (SSSR count). The lowest BCUT2D eigenvalue weighted by Crippen LogP contribution is -2.39. The summed E-state index contributed by atoms with van der Waals surface area (Å²) >= 11 is 6.32. The molecular weight excluding hydrogens is 410 g/mol. The number of carbonyl (C=O) groups excluding carboxylic acids is 2. The third-order valence-electron chi connectivity index (χ3n) is 4.63. The average Bonchev–Trinajstić information content (AvgIpc) is 3.21. The van der Waals surface area contributed by atoms with Gasteiger partial charge in [0.25, 0.3) is 0 Å². The Balaban J connectivity index is 1.58. The highest BCUT2D eigenvalue weighted by Crippen LogP contribution is 2.38. The van der Waals surface area contributed by atoms with Crippen molar-refractivity contribution in [1.29, 1.82) is 0 Å². The van der Waals surface area contributed by atoms with Crippen molar-refractivity contribution in [2.75, 3.05) is 30.1 Å². The zero-order valence-electron chi connectivity index (χ0n) is 16.3. The molecule has 1 atom stereocenters. The van der Waals surface area contributed by atoms with Crippen molar-refractivity contribution in [3.05, 3.63) is 47.5 Å². The van der Waals surface area contributed by atoms with Crippen LogP contribution in [0.3, 0.4) is 0 Å². The topological polar surface area (TPSA) is 89.5 Å². The number of rotatable bonds is 5. The molecule has 2 aliphatic heterocycles. The molecule has 1 unspecified atom stereocenters. The monoisotopic (exact) mass is 429 g/mol. The number of amides is 1. The van der Waals surface area contributed by atoms with Gasteiger partial charge in [0, 0.05) is 18.6 Å². The molecule has 0 bridgehead atoms. The van der Waals surface area contributed by atoms with Gasteiger partial charge < -0.3 is 19.5 Å². The lowest BCUT2D eigenvalue weighted by molar-refractivity contribution is -0.135. The Labute approximate surface area is 178 Å². The van der Waals surface area contributed by atoms with Gasteiger partial charge in [0.15, 0.2) is 11.5 Å². The van der Waals surface area contributed by atoms with Crippen molar-refractivity contribution in [3.63, 3.8) is 0 Å². The van der Waals surface area contributed by atoms with Crippen LogP contribution in [0.2, 0.25) is 5.02 Å². The number of nitrogens with zero attached hydrogens (tertiary/aromatic N) is 2. The van der Waals surface area contributed by atoms with Crippen LogP contribution in [0, 0.1) is 0 Å². The summed E-state index contributed by atoms with van der Waals surface area (Å²) in [4.78, 5) is 25.3. The number of ether oxygens (including phenoxy) is 3. The van der Waals surface area contributed by atoms with Crippen LogP contribution in [0.4, 0.5) is 11.4 Å². The summed E-state index contributed by atoms with van der Waals surface area (Å²) in [7, 11) is 0. The molecule has 0 saturated carbocycles. The number of carbonyl (C=O) groups is 2. The Bertz CT molecular complexity index is 996. The minimum absolute atomic E-state index is 0.113. The maximum Gasteiger partial charge on any atom is 0.354 e. The molecule has 0 aliphatic carbocycles. The van der Waals surface area contributed by atoms with E-state index in [4.69, 9.17) is 25.8 Å². The highest BCUT2D eigenvalue weighted by molar-refractivity contribution is 6.38. The van der Waals surface area contributed by atoms with Crippen LogP contribution in [-0.2, 0) is 14.3 Å². The van der Waals surface area contributed by atoms with Crippen molar-refractivity contribution in [3.8, 4) is 11.5 Å². The van der Waals surface area contributed by atoms with Crippen molar-refractivity contribution >= 4 is 40.6 Å². The third kappa shape index (κ3) is 4.04. The molecule has 2 aromatic rings. The normalized spacial score (nSPS) is 17.3. The molecule has 1 N–H and O–H groups in total. The van der Waals surface area contributed by atoms with Crippen molar-refractivity contribution in [2.24, 2.45) is 5.10 Å². The van der Waals surface area contributed by atoms with Gasteiger partial charge in [0.05, 0.1) is 23.0 Å². The number of nitrogens with one attached hydrogen (secondary N) is 1. The summed E-state index contributed by atoms with van der Waals surface area (Å²) in [6.45, 7) is 2.81. The molecule has 1 amide bonds. The zero-order chi connectivity index (χ0) is 21.1. The van der Waals surface area contributed by atoms with Crippen LogP contribution < -0.4 is 19.8 Å². The molecular formula is C21H20ClN3O5. The van der Waals surface area contributed by atoms with E-state index in [1.165, 1.54) is 5.01 Å². The summed E-state index contributed by atoms with van der Waals surface area (Å²) in [6.07, 6.45) is 0.113. The second-order valence-electron chi connectivity index (χ2n) is 6.63. The maximum atomic E-state index is 13.1. The van der Waals surface area contributed by atoms with E-state index < -0.39 is 12.0 Å². The Hall–Kier alpha value is -3.26. The molecule has 0 saturated heterocycles. The summed E-state index contributed by atoms with van der Waals surface area (Å²) < 4.78 is 16.1. The minimum Gasteiger partial charge on any atom is -0.486 e. The average molecular weight is 430 g/mol. The Morgan fingerprint density at radius 1 is 1.20 bits per heavy atom. The maximum absolute atomic E-state index is 13.1. The van der Waals surface area contributed by atoms with E-state index in [1.54, 1.807) is 19.1 Å². The largest absolute Gasteiger partial charge is 0.486 e. The standard InChI is InChI=1S/C21H20ClN3O5/c1-2-28-21(27)16-11-17(25(24-16)13-6-4-3-5-7-13)20(26)23-15-12-19-18(10-14(15)22)29-8-9-30-19/h3-7,10,12,17H,2,8-9,11H2,1H3,(H,23,26). The number of halogens is 1. The predicted molar refractivity (Wildman–Crippen MR) is 112 cm³/mol. The lowest BCUT2D eigenvalue weighted by atomic mass is 10.1. The Morgan fingerprint density at radius 3 is 2.60 bits per heavy atom. The fourth-order valence-corrected chi connectivity index (χ4v) is 3.45. The summed E-state index contributed by atoms with van der Waals surface area (Å²) in [5, 5.41) is 9.01. The van der Waals surface area contributed by atoms with Gasteiger partial charge in [-0.3, -0.25) is 9.80 Å². The zero-order valence-corrected chi connectivity index (χ0v) is 17.0. The molecule has 2 heterocycles. The predicted octanol–water partition coefficient (Wildman–Crippen LogP) is 3.25. The number of hydrogen-bond donors (Lipinski definition) is 1. The van der Waals surface area contributed by atoms with E-state index in [9.17, 15) is 9.59 Å². The lowest BCUT2D eigenvalue weighted by Gasteiger charge is -2.24. The van der Waals surface area contributed by atoms with Crippen molar-refractivity contribution < 1.29 is 23.8 Å². The van der Waals surface area contributed by atoms with Crippen LogP contribution in [0.25, 0.3) is 0 Å². The number of para-hydroxylation sites is 1. The van der Waals surface area contributed by atoms with Gasteiger partial charge in [0.1, 0.15) is 25.0 Å². The molecule has 0 radical (unpaired) electrons. The Morgan fingerprint density at radius 2 is 1.90 bits per heavy atom. The molecule has 0 fully saturated rings. The van der Waals surface area contributed by atoms with Gasteiger partial charge in [-0.15, -0.1) is 0 Å². The molecule has 156 valence electrons. The molecule has 2 aromatic carbocycles. The minimum atomic E-state index is -0.740. The number of esters is 1. The first-order chi connectivity index (χ1) is 14.6. The SMILES string of the molecule is CCOC(=O)C1=NN(c2ccccc2)C(C(=O)Nc2cc3c(cc2Cl)OCCO3)C1. The van der Waals surface area contributed by atoms with Crippen molar-refractivity contribution in [2.45, 2.75) is 19.4 Å². The summed E-state index contributed by atoms with van der Waals surface area (Å²) in [6, 6.07) is 11.7. The van der Waals surface area contributed by atoms with E-state index in [2.05, 4.69) is 10.4 Å². The fraction of sp³-hybridized carbons (Fsp3) is 0.286.